The first-order chi connectivity index (χ1) is 11.2. The molecule has 1 amide bonds. The Hall–Kier alpha value is -2.64. The van der Waals surface area contributed by atoms with Crippen LogP contribution in [0.4, 0.5) is 0 Å². The highest BCUT2D eigenvalue weighted by Crippen LogP contribution is 2.19. The van der Waals surface area contributed by atoms with Gasteiger partial charge in [0.15, 0.2) is 5.76 Å². The number of esters is 1. The lowest BCUT2D eigenvalue weighted by molar-refractivity contribution is -0.145. The molecule has 0 radical (unpaired) electrons. The van der Waals surface area contributed by atoms with E-state index in [2.05, 4.69) is 10.1 Å². The molecule has 8 nitrogen and oxygen atoms in total. The quantitative estimate of drug-likeness (QED) is 0.765. The SMILES string of the molecule is COC(=O)[C@@H]1CCN(C(=O)CCc2nc(-c3ccco3)no2)C1. The van der Waals surface area contributed by atoms with Crippen molar-refractivity contribution in [2.75, 3.05) is 20.2 Å². The van der Waals surface area contributed by atoms with Crippen LogP contribution in [0.3, 0.4) is 0 Å². The van der Waals surface area contributed by atoms with Crippen LogP contribution in [0.15, 0.2) is 27.3 Å². The van der Waals surface area contributed by atoms with E-state index in [1.54, 1.807) is 17.0 Å². The first-order valence-electron chi connectivity index (χ1n) is 7.39. The van der Waals surface area contributed by atoms with E-state index >= 15 is 0 Å². The number of ether oxygens (including phenoxy) is 1. The monoisotopic (exact) mass is 319 g/mol. The zero-order chi connectivity index (χ0) is 16.2. The van der Waals surface area contributed by atoms with Gasteiger partial charge in [-0.2, -0.15) is 4.98 Å². The fraction of sp³-hybridized carbons (Fsp3) is 0.467. The van der Waals surface area contributed by atoms with Gasteiger partial charge < -0.3 is 18.6 Å². The lowest BCUT2D eigenvalue weighted by Crippen LogP contribution is -2.30. The van der Waals surface area contributed by atoms with Crippen molar-refractivity contribution in [3.05, 3.63) is 24.3 Å². The first-order valence-corrected chi connectivity index (χ1v) is 7.39. The van der Waals surface area contributed by atoms with Gasteiger partial charge in [-0.1, -0.05) is 5.16 Å². The minimum Gasteiger partial charge on any atom is -0.469 e. The van der Waals surface area contributed by atoms with Gasteiger partial charge in [0, 0.05) is 25.9 Å². The standard InChI is InChI=1S/C15H17N3O5/c1-21-15(20)10-6-7-18(9-10)13(19)5-4-12-16-14(17-23-12)11-3-2-8-22-11/h2-3,8,10H,4-7,9H2,1H3/t10-/m1/s1. The van der Waals surface area contributed by atoms with E-state index in [-0.39, 0.29) is 24.2 Å². The molecule has 1 atom stereocenters. The van der Waals surface area contributed by atoms with Crippen LogP contribution in [0, 0.1) is 5.92 Å². The third kappa shape index (κ3) is 3.41. The van der Waals surface area contributed by atoms with Crippen molar-refractivity contribution in [2.45, 2.75) is 19.3 Å². The molecule has 1 fully saturated rings. The van der Waals surface area contributed by atoms with Gasteiger partial charge in [-0.15, -0.1) is 0 Å². The van der Waals surface area contributed by atoms with Crippen LogP contribution in [0.5, 0.6) is 0 Å². The maximum Gasteiger partial charge on any atom is 0.310 e. The lowest BCUT2D eigenvalue weighted by Gasteiger charge is -2.15. The maximum atomic E-state index is 12.2. The number of carbonyl (C=O) groups is 2. The second-order valence-corrected chi connectivity index (χ2v) is 5.34. The molecule has 122 valence electrons. The summed E-state index contributed by atoms with van der Waals surface area (Å²) in [5.74, 6) is 0.747. The Kier molecular flexibility index (Phi) is 4.40. The Morgan fingerprint density at radius 2 is 2.35 bits per heavy atom. The van der Waals surface area contributed by atoms with E-state index in [4.69, 9.17) is 13.7 Å². The molecule has 2 aromatic rings. The Bertz CT molecular complexity index is 679. The van der Waals surface area contributed by atoms with E-state index in [0.717, 1.165) is 0 Å². The van der Waals surface area contributed by atoms with Gasteiger partial charge in [0.05, 0.1) is 19.3 Å². The van der Waals surface area contributed by atoms with E-state index in [9.17, 15) is 9.59 Å². The molecular weight excluding hydrogens is 302 g/mol. The molecule has 0 saturated carbocycles. The van der Waals surface area contributed by atoms with Crippen LogP contribution in [0.1, 0.15) is 18.7 Å². The zero-order valence-corrected chi connectivity index (χ0v) is 12.7. The normalized spacial score (nSPS) is 17.4. The average Bonchev–Trinajstić information content (AvgIpc) is 3.32. The van der Waals surface area contributed by atoms with Gasteiger partial charge in [0.2, 0.25) is 17.6 Å². The first kappa shape index (κ1) is 15.3. The number of methoxy groups -OCH3 is 1. The summed E-state index contributed by atoms with van der Waals surface area (Å²) in [5.41, 5.74) is 0. The van der Waals surface area contributed by atoms with Crippen LogP contribution in [-0.2, 0) is 20.7 Å². The summed E-state index contributed by atoms with van der Waals surface area (Å²) < 4.78 is 15.0. The highest BCUT2D eigenvalue weighted by molar-refractivity contribution is 5.79. The summed E-state index contributed by atoms with van der Waals surface area (Å²) in [6.45, 7) is 0.979. The largest absolute Gasteiger partial charge is 0.469 e. The number of rotatable bonds is 5. The predicted molar refractivity (Wildman–Crippen MR) is 77.0 cm³/mol. The van der Waals surface area contributed by atoms with Gasteiger partial charge in [-0.05, 0) is 18.6 Å². The number of amides is 1. The van der Waals surface area contributed by atoms with Gasteiger partial charge >= 0.3 is 5.97 Å². The minimum atomic E-state index is -0.264. The average molecular weight is 319 g/mol. The van der Waals surface area contributed by atoms with E-state index in [0.29, 0.717) is 43.4 Å². The topological polar surface area (TPSA) is 98.7 Å². The fourth-order valence-electron chi connectivity index (χ4n) is 2.58. The molecule has 2 aromatic heterocycles. The van der Waals surface area contributed by atoms with E-state index in [1.807, 2.05) is 0 Å². The molecule has 3 rings (SSSR count). The van der Waals surface area contributed by atoms with Crippen molar-refractivity contribution in [1.82, 2.24) is 15.0 Å². The number of carbonyl (C=O) groups excluding carboxylic acids is 2. The summed E-state index contributed by atoms with van der Waals surface area (Å²) >= 11 is 0. The predicted octanol–water partition coefficient (Wildman–Crippen LogP) is 1.28. The summed E-state index contributed by atoms with van der Waals surface area (Å²) in [4.78, 5) is 29.5. The molecule has 1 aliphatic heterocycles. The van der Waals surface area contributed by atoms with Crippen molar-refractivity contribution in [1.29, 1.82) is 0 Å². The molecular formula is C15H17N3O5. The third-order valence-electron chi connectivity index (χ3n) is 3.84. The van der Waals surface area contributed by atoms with Gasteiger partial charge in [-0.3, -0.25) is 9.59 Å². The van der Waals surface area contributed by atoms with Crippen molar-refractivity contribution < 1.29 is 23.3 Å². The number of aromatic nitrogens is 2. The summed E-state index contributed by atoms with van der Waals surface area (Å²) in [6, 6.07) is 3.47. The Morgan fingerprint density at radius 3 is 3.09 bits per heavy atom. The summed E-state index contributed by atoms with van der Waals surface area (Å²) in [5, 5.41) is 3.81. The van der Waals surface area contributed by atoms with Gasteiger partial charge in [0.25, 0.3) is 0 Å². The molecule has 0 aliphatic carbocycles. The van der Waals surface area contributed by atoms with Crippen LogP contribution < -0.4 is 0 Å². The second-order valence-electron chi connectivity index (χ2n) is 5.34. The van der Waals surface area contributed by atoms with Crippen molar-refractivity contribution in [3.63, 3.8) is 0 Å². The molecule has 8 heteroatoms. The van der Waals surface area contributed by atoms with Crippen molar-refractivity contribution in [2.24, 2.45) is 5.92 Å². The molecule has 0 bridgehead atoms. The number of hydrogen-bond acceptors (Lipinski definition) is 7. The highest BCUT2D eigenvalue weighted by atomic mass is 16.5. The Morgan fingerprint density at radius 1 is 1.48 bits per heavy atom. The summed E-state index contributed by atoms with van der Waals surface area (Å²) in [6.07, 6.45) is 2.78. The molecule has 23 heavy (non-hydrogen) atoms. The molecule has 3 heterocycles. The maximum absolute atomic E-state index is 12.2. The Labute approximate surface area is 132 Å². The highest BCUT2D eigenvalue weighted by Gasteiger charge is 2.31. The van der Waals surface area contributed by atoms with E-state index in [1.165, 1.54) is 13.4 Å². The fourth-order valence-corrected chi connectivity index (χ4v) is 2.58. The van der Waals surface area contributed by atoms with Crippen LogP contribution in [-0.4, -0.2) is 47.1 Å². The molecule has 1 aliphatic rings. The molecule has 0 spiro atoms. The van der Waals surface area contributed by atoms with Crippen molar-refractivity contribution >= 4 is 11.9 Å². The van der Waals surface area contributed by atoms with Crippen LogP contribution in [0.2, 0.25) is 0 Å². The number of likely N-dealkylation sites (tertiary alicyclic amines) is 1. The van der Waals surface area contributed by atoms with Crippen molar-refractivity contribution in [3.8, 4) is 11.6 Å². The molecule has 0 N–H and O–H groups in total. The number of aryl methyl sites for hydroxylation is 1. The minimum absolute atomic E-state index is 0.0332. The zero-order valence-electron chi connectivity index (χ0n) is 12.7. The summed E-state index contributed by atoms with van der Waals surface area (Å²) in [7, 11) is 1.36. The van der Waals surface area contributed by atoms with Crippen LogP contribution in [0.25, 0.3) is 11.6 Å². The number of nitrogens with zero attached hydrogens (tertiary/aromatic N) is 3. The Balaban J connectivity index is 1.51. The van der Waals surface area contributed by atoms with E-state index < -0.39 is 0 Å². The molecule has 1 saturated heterocycles. The second kappa shape index (κ2) is 6.64. The molecule has 0 aromatic carbocycles. The van der Waals surface area contributed by atoms with Gasteiger partial charge in [0.1, 0.15) is 0 Å². The number of furan rings is 1. The smallest absolute Gasteiger partial charge is 0.310 e. The molecule has 0 unspecified atom stereocenters. The lowest BCUT2D eigenvalue weighted by atomic mass is 10.1. The number of hydrogen-bond donors (Lipinski definition) is 0. The van der Waals surface area contributed by atoms with Crippen LogP contribution >= 0.6 is 0 Å². The third-order valence-corrected chi connectivity index (χ3v) is 3.84. The van der Waals surface area contributed by atoms with Gasteiger partial charge in [-0.25, -0.2) is 0 Å².